The second kappa shape index (κ2) is 37.7. The molecule has 89 heavy (non-hydrogen) atoms. The molecular weight excluding hydrogens is 1180 g/mol. The van der Waals surface area contributed by atoms with Crippen LogP contribution in [0.2, 0.25) is 5.02 Å². The van der Waals surface area contributed by atoms with Gasteiger partial charge >= 0.3 is 0 Å². The van der Waals surface area contributed by atoms with Crippen molar-refractivity contribution in [3.63, 3.8) is 0 Å². The number of ether oxygens (including phenoxy) is 7. The third kappa shape index (κ3) is 23.0. The van der Waals surface area contributed by atoms with Gasteiger partial charge in [-0.1, -0.05) is 121 Å². The van der Waals surface area contributed by atoms with E-state index in [2.05, 4.69) is 36.6 Å². The molecule has 3 atom stereocenters. The highest BCUT2D eigenvalue weighted by atomic mass is 35.5. The zero-order valence-electron chi connectivity index (χ0n) is 51.3. The van der Waals surface area contributed by atoms with Crippen molar-refractivity contribution in [2.24, 2.45) is 5.92 Å². The van der Waals surface area contributed by atoms with Crippen LogP contribution in [0.3, 0.4) is 0 Å². The van der Waals surface area contributed by atoms with Crippen molar-refractivity contribution in [1.82, 2.24) is 35.7 Å². The number of benzene rings is 3. The molecule has 5 aromatic rings. The maximum atomic E-state index is 14.3. The first-order valence-corrected chi connectivity index (χ1v) is 31.5. The number of aromatic nitrogens is 2. The van der Waals surface area contributed by atoms with E-state index in [9.17, 15) is 28.8 Å². The zero-order valence-corrected chi connectivity index (χ0v) is 52.8. The molecule has 1 saturated carbocycles. The van der Waals surface area contributed by atoms with Gasteiger partial charge in [-0.05, 0) is 80.5 Å². The molecule has 24 heteroatoms. The highest BCUT2D eigenvalue weighted by molar-refractivity contribution is 7.20. The van der Waals surface area contributed by atoms with Gasteiger partial charge in [0, 0.05) is 42.8 Å². The van der Waals surface area contributed by atoms with E-state index >= 15 is 0 Å². The van der Waals surface area contributed by atoms with Crippen LogP contribution in [0, 0.1) is 5.92 Å². The lowest BCUT2D eigenvalue weighted by Gasteiger charge is -2.35. The third-order valence-corrected chi connectivity index (χ3v) is 16.2. The van der Waals surface area contributed by atoms with Crippen LogP contribution in [0.25, 0.3) is 23.4 Å². The third-order valence-electron chi connectivity index (χ3n) is 15.1. The fraction of sp³-hybridized carbons (Fsp3) is 0.477. The predicted molar refractivity (Wildman–Crippen MR) is 342 cm³/mol. The molecule has 22 nitrogen and oxygen atoms in total. The number of likely N-dealkylation sites (tertiary alicyclic amines) is 1. The van der Waals surface area contributed by atoms with Crippen LogP contribution in [-0.2, 0) is 65.4 Å². The van der Waals surface area contributed by atoms with Crippen LogP contribution >= 0.6 is 22.9 Å². The molecule has 2 fully saturated rings. The van der Waals surface area contributed by atoms with E-state index in [1.165, 1.54) is 6.20 Å². The molecule has 6 amide bonds. The Morgan fingerprint density at radius 1 is 0.753 bits per heavy atom. The molecule has 480 valence electrons. The van der Waals surface area contributed by atoms with Crippen LogP contribution < -0.4 is 31.3 Å². The lowest BCUT2D eigenvalue weighted by Crippen LogP contribution is -2.57. The molecule has 1 aliphatic carbocycles. The first-order valence-electron chi connectivity index (χ1n) is 30.3. The number of thiazole rings is 1. The summed E-state index contributed by atoms with van der Waals surface area (Å²) in [6, 6.07) is 24.0. The molecule has 2 aliphatic rings. The second-order valence-electron chi connectivity index (χ2n) is 21.5. The lowest BCUT2D eigenvalue weighted by molar-refractivity contribution is -0.142. The minimum atomic E-state index is -0.739. The summed E-state index contributed by atoms with van der Waals surface area (Å²) in [7, 11) is 4.98. The Morgan fingerprint density at radius 3 is 2.07 bits per heavy atom. The Kier molecular flexibility index (Phi) is 29.4. The van der Waals surface area contributed by atoms with Crippen LogP contribution in [0.1, 0.15) is 84.6 Å². The van der Waals surface area contributed by atoms with Gasteiger partial charge in [0.25, 0.3) is 11.8 Å². The van der Waals surface area contributed by atoms with Gasteiger partial charge in [0.2, 0.25) is 23.6 Å². The number of rotatable bonds is 37. The standard InChI is InChI=1S/C65H84ClN9O13S/c1-45(67-2)60(78)71-59(50-17-9-6-10-18-50)64(81)75-26-12-19-54(75)62(80)73-63-58(49-15-7-5-8-16-49)72-65(89-63)70-56(76)44-88-38-37-87-36-35-86-34-33-85-32-31-84-30-29-83-28-27-74(3)57(77)40-47-13-11-14-48(39-47)42-69-61(79)53-41-51(55(82-4)43-68-53)23-20-46-21-24-52(66)25-22-46/h5,7-8,11,13-16,20-25,39,41,43,45,50,54,59,67H,6,9-10,12,17-19,26-38,40,42,44H2,1-4H3,(H,69,79)(H,71,78)(H,73,80)(H,70,72,76). The summed E-state index contributed by atoms with van der Waals surface area (Å²) in [5.74, 6) is -1.15. The Labute approximate surface area is 530 Å². The number of halogens is 1. The number of hydrogen-bond acceptors (Lipinski definition) is 17. The van der Waals surface area contributed by atoms with Crippen LogP contribution in [0.5, 0.6) is 5.75 Å². The summed E-state index contributed by atoms with van der Waals surface area (Å²) < 4.78 is 39.1. The number of pyridine rings is 1. The van der Waals surface area contributed by atoms with Gasteiger partial charge in [-0.2, -0.15) is 0 Å². The van der Waals surface area contributed by atoms with Gasteiger partial charge < -0.3 is 64.2 Å². The predicted octanol–water partition coefficient (Wildman–Crippen LogP) is 7.31. The van der Waals surface area contributed by atoms with Crippen molar-refractivity contribution < 1.29 is 61.9 Å². The van der Waals surface area contributed by atoms with E-state index in [1.54, 1.807) is 56.1 Å². The molecule has 5 N–H and O–H groups in total. The Hall–Kier alpha value is -7.19. The Bertz CT molecular complexity index is 3080. The monoisotopic (exact) mass is 1270 g/mol. The second-order valence-corrected chi connectivity index (χ2v) is 22.9. The highest BCUT2D eigenvalue weighted by Gasteiger charge is 2.41. The van der Waals surface area contributed by atoms with Crippen molar-refractivity contribution in [1.29, 1.82) is 0 Å². The van der Waals surface area contributed by atoms with E-state index in [4.69, 9.17) is 44.8 Å². The van der Waals surface area contributed by atoms with Crippen molar-refractivity contribution in [2.75, 3.05) is 124 Å². The molecule has 3 heterocycles. The van der Waals surface area contributed by atoms with E-state index in [0.717, 1.165) is 65.7 Å². The van der Waals surface area contributed by atoms with Crippen molar-refractivity contribution >= 4 is 80.7 Å². The first-order chi connectivity index (χ1) is 43.3. The molecular formula is C65H84ClN9O13S. The summed E-state index contributed by atoms with van der Waals surface area (Å²) in [4.78, 5) is 92.6. The molecule has 3 aromatic carbocycles. The van der Waals surface area contributed by atoms with Crippen LogP contribution in [0.15, 0.2) is 91.1 Å². The fourth-order valence-corrected chi connectivity index (χ4v) is 11.0. The highest BCUT2D eigenvalue weighted by Crippen LogP contribution is 2.37. The average molecular weight is 1270 g/mol. The number of nitrogens with zero attached hydrogens (tertiary/aromatic N) is 4. The summed E-state index contributed by atoms with van der Waals surface area (Å²) in [5.41, 5.74) is 4.77. The lowest BCUT2D eigenvalue weighted by atomic mass is 9.83. The number of nitrogens with one attached hydrogen (secondary N) is 5. The summed E-state index contributed by atoms with van der Waals surface area (Å²) >= 11 is 7.13. The maximum absolute atomic E-state index is 14.3. The molecule has 0 bridgehead atoms. The van der Waals surface area contributed by atoms with Gasteiger partial charge in [0.1, 0.15) is 40.8 Å². The zero-order chi connectivity index (χ0) is 63.2. The Balaban J connectivity index is 0.690. The number of anilines is 2. The number of amides is 6. The number of likely N-dealkylation sites (N-methyl/N-ethyl adjacent to an activating group) is 2. The molecule has 2 aromatic heterocycles. The quantitative estimate of drug-likeness (QED) is 0.0244. The summed E-state index contributed by atoms with van der Waals surface area (Å²) in [5, 5.41) is 16.0. The molecule has 7 rings (SSSR count). The van der Waals surface area contributed by atoms with Crippen molar-refractivity contribution in [2.45, 2.75) is 83.0 Å². The van der Waals surface area contributed by atoms with E-state index in [-0.39, 0.29) is 79.1 Å². The number of hydrogen-bond donors (Lipinski definition) is 5. The molecule has 3 unspecified atom stereocenters. The maximum Gasteiger partial charge on any atom is 0.270 e. The normalized spacial score (nSPS) is 14.9. The average Bonchev–Trinajstić information content (AvgIpc) is 3.00. The number of carbonyl (C=O) groups excluding carboxylic acids is 6. The molecule has 1 aliphatic heterocycles. The van der Waals surface area contributed by atoms with Crippen LogP contribution in [0.4, 0.5) is 10.1 Å². The van der Waals surface area contributed by atoms with E-state index in [0.29, 0.717) is 112 Å². The van der Waals surface area contributed by atoms with E-state index in [1.807, 2.05) is 78.9 Å². The topological polar surface area (TPSA) is 259 Å². The first kappa shape index (κ1) is 69.3. The van der Waals surface area contributed by atoms with Gasteiger partial charge in [0.05, 0.1) is 98.4 Å². The van der Waals surface area contributed by atoms with Gasteiger partial charge in [-0.25, -0.2) is 9.97 Å². The van der Waals surface area contributed by atoms with Crippen LogP contribution in [-0.4, -0.2) is 187 Å². The molecule has 0 radical (unpaired) electrons. The summed E-state index contributed by atoms with van der Waals surface area (Å²) in [6.07, 6.45) is 11.3. The van der Waals surface area contributed by atoms with Gasteiger partial charge in [-0.3, -0.25) is 34.1 Å². The largest absolute Gasteiger partial charge is 0.495 e. The molecule has 0 spiro atoms. The smallest absolute Gasteiger partial charge is 0.270 e. The minimum Gasteiger partial charge on any atom is -0.495 e. The SMILES string of the molecule is CNC(C)C(=O)NC(C(=O)N1CCCC1C(=O)Nc1sc(NC(=O)COCCOCCOCCOCCOCCOCCN(C)C(=O)Cc2cccc(CNC(=O)c3cc(C=Cc4ccc(Cl)cc4)c(OC)cn3)c2)nc1-c1ccccc1)C1CCCCC1. The Morgan fingerprint density at radius 2 is 1.40 bits per heavy atom. The minimum absolute atomic E-state index is 0.00490. The van der Waals surface area contributed by atoms with Crippen molar-refractivity contribution in [3.8, 4) is 17.0 Å². The van der Waals surface area contributed by atoms with Crippen molar-refractivity contribution in [3.05, 3.63) is 124 Å². The van der Waals surface area contributed by atoms with E-state index < -0.39 is 24.0 Å². The fourth-order valence-electron chi connectivity index (χ4n) is 10.0. The summed E-state index contributed by atoms with van der Waals surface area (Å²) in [6.45, 7) is 6.31. The van der Waals surface area contributed by atoms with Gasteiger partial charge in [0.15, 0.2) is 5.13 Å². The van der Waals surface area contributed by atoms with Gasteiger partial charge in [-0.15, -0.1) is 0 Å². The molecule has 1 saturated heterocycles. The number of carbonyl (C=O) groups is 6. The number of methoxy groups -OCH3 is 1.